The third-order valence-corrected chi connectivity index (χ3v) is 3.10. The van der Waals surface area contributed by atoms with E-state index in [-0.39, 0.29) is 0 Å². The molecule has 0 bridgehead atoms. The van der Waals surface area contributed by atoms with Crippen LogP contribution in [0.5, 0.6) is 5.75 Å². The summed E-state index contributed by atoms with van der Waals surface area (Å²) >= 11 is 6.10. The maximum absolute atomic E-state index is 6.10. The number of hydrogen-bond donors (Lipinski definition) is 1. The molecule has 0 spiro atoms. The van der Waals surface area contributed by atoms with Crippen molar-refractivity contribution in [3.8, 4) is 17.1 Å². The normalized spacial score (nSPS) is 10.6. The lowest BCUT2D eigenvalue weighted by atomic mass is 10.2. The smallest absolute Gasteiger partial charge is 0.137 e. The Bertz CT molecular complexity index is 726. The second-order valence-electron chi connectivity index (χ2n) is 4.14. The summed E-state index contributed by atoms with van der Waals surface area (Å²) in [5.41, 5.74) is 0.867. The summed E-state index contributed by atoms with van der Waals surface area (Å²) in [6.07, 6.45) is 0. The van der Waals surface area contributed by atoms with Crippen LogP contribution in [-0.4, -0.2) is 27.7 Å². The second kappa shape index (κ2) is 5.84. The van der Waals surface area contributed by atoms with E-state index in [1.54, 1.807) is 19.2 Å². The number of aromatic amines is 1. The summed E-state index contributed by atoms with van der Waals surface area (Å²) in [4.78, 5) is 0. The van der Waals surface area contributed by atoms with Gasteiger partial charge in [0.25, 0.3) is 0 Å². The quantitative estimate of drug-likeness (QED) is 0.780. The van der Waals surface area contributed by atoms with E-state index in [1.165, 1.54) is 0 Å². The van der Waals surface area contributed by atoms with Gasteiger partial charge in [0.1, 0.15) is 17.3 Å². The first kappa shape index (κ1) is 13.4. The Kier molecular flexibility index (Phi) is 3.74. The largest absolute Gasteiger partial charge is 0.495 e. The Morgan fingerprint density at radius 1 is 1.33 bits per heavy atom. The van der Waals surface area contributed by atoms with Gasteiger partial charge in [-0.3, -0.25) is 15.4 Å². The van der Waals surface area contributed by atoms with Crippen molar-refractivity contribution in [3.63, 3.8) is 0 Å². The van der Waals surface area contributed by atoms with Crippen LogP contribution in [0.4, 0.5) is 5.95 Å². The molecule has 2 heterocycles. The van der Waals surface area contributed by atoms with Gasteiger partial charge in [-0.15, -0.1) is 5.21 Å². The van der Waals surface area contributed by atoms with E-state index in [0.29, 0.717) is 34.8 Å². The second-order valence-corrected chi connectivity index (χ2v) is 4.55. The molecule has 0 aliphatic carbocycles. The Balaban J connectivity index is 1.73. The maximum atomic E-state index is 6.10. The lowest BCUT2D eigenvalue weighted by molar-refractivity contribution is 0.415. The summed E-state index contributed by atoms with van der Waals surface area (Å²) in [6.45, 7) is 0.337. The molecule has 21 heavy (non-hydrogen) atoms. The minimum atomic E-state index is 0.292. The number of nitrogens with one attached hydrogen (secondary N) is 1. The summed E-state index contributed by atoms with van der Waals surface area (Å²) in [7, 11) is 1.57. The summed E-state index contributed by atoms with van der Waals surface area (Å²) < 4.78 is 10.8. The highest BCUT2D eigenvalue weighted by Gasteiger charge is 2.07. The van der Waals surface area contributed by atoms with Crippen LogP contribution in [0.25, 0.3) is 16.6 Å². The van der Waals surface area contributed by atoms with Gasteiger partial charge in [-0.25, -0.2) is 0 Å². The first-order valence-electron chi connectivity index (χ1n) is 6.10. The van der Waals surface area contributed by atoms with Gasteiger partial charge in [0.05, 0.1) is 18.1 Å². The van der Waals surface area contributed by atoms with Gasteiger partial charge >= 0.3 is 0 Å². The monoisotopic (exact) mass is 304 g/mol. The molecule has 0 unspecified atom stereocenters. The van der Waals surface area contributed by atoms with Crippen LogP contribution in [0.15, 0.2) is 34.7 Å². The molecule has 7 nitrogen and oxygen atoms in total. The molecule has 0 saturated heterocycles. The first-order valence-corrected chi connectivity index (χ1v) is 6.47. The molecule has 1 N–H and O–H groups in total. The Morgan fingerprint density at radius 3 is 2.95 bits per heavy atom. The van der Waals surface area contributed by atoms with Crippen molar-refractivity contribution in [1.29, 1.82) is 0 Å². The third-order valence-electron chi connectivity index (χ3n) is 2.81. The average molecular weight is 305 g/mol. The van der Waals surface area contributed by atoms with E-state index < -0.39 is 0 Å². The summed E-state index contributed by atoms with van der Waals surface area (Å²) in [5, 5.41) is 17.9. The number of benzene rings is 1. The van der Waals surface area contributed by atoms with E-state index >= 15 is 0 Å². The molecule has 0 saturated carbocycles. The molecular formula is C13H11ClN5O2-. The zero-order chi connectivity index (χ0) is 14.7. The molecule has 8 heteroatoms. The Labute approximate surface area is 125 Å². The average Bonchev–Trinajstić information content (AvgIpc) is 3.16. The SMILES string of the molecule is COc1ccc(-c2ccc(C[N-]c3nn[nH]n3)o2)cc1Cl. The predicted octanol–water partition coefficient (Wildman–Crippen LogP) is 3.33. The van der Waals surface area contributed by atoms with Crippen molar-refractivity contribution in [2.45, 2.75) is 6.54 Å². The highest BCUT2D eigenvalue weighted by molar-refractivity contribution is 6.32. The number of furan rings is 1. The topological polar surface area (TPSA) is 90.9 Å². The van der Waals surface area contributed by atoms with Gasteiger partial charge in [0.15, 0.2) is 0 Å². The van der Waals surface area contributed by atoms with Crippen LogP contribution in [0.1, 0.15) is 5.76 Å². The molecule has 0 fully saturated rings. The van der Waals surface area contributed by atoms with Crippen LogP contribution < -0.4 is 4.74 Å². The van der Waals surface area contributed by atoms with E-state index in [2.05, 4.69) is 25.9 Å². The minimum Gasteiger partial charge on any atom is -0.495 e. The molecule has 3 rings (SSSR count). The van der Waals surface area contributed by atoms with Gasteiger partial charge in [-0.2, -0.15) is 0 Å². The molecule has 1 aromatic carbocycles. The van der Waals surface area contributed by atoms with Crippen LogP contribution >= 0.6 is 11.6 Å². The lowest BCUT2D eigenvalue weighted by Crippen LogP contribution is -1.84. The molecule has 0 aliphatic rings. The van der Waals surface area contributed by atoms with Gasteiger partial charge in [0.2, 0.25) is 0 Å². The van der Waals surface area contributed by atoms with Gasteiger partial charge in [0, 0.05) is 12.1 Å². The fraction of sp³-hybridized carbons (Fsp3) is 0.154. The number of hydrogen-bond acceptors (Lipinski definition) is 5. The fourth-order valence-electron chi connectivity index (χ4n) is 1.81. The van der Waals surface area contributed by atoms with Crippen molar-refractivity contribution in [2.75, 3.05) is 7.11 Å². The number of tetrazole rings is 1. The molecule has 0 atom stereocenters. The van der Waals surface area contributed by atoms with E-state index in [9.17, 15) is 0 Å². The number of ether oxygens (including phenoxy) is 1. The number of rotatable bonds is 5. The van der Waals surface area contributed by atoms with E-state index in [4.69, 9.17) is 20.8 Å². The van der Waals surface area contributed by atoms with Crippen molar-refractivity contribution in [2.24, 2.45) is 0 Å². The standard InChI is InChI=1S/C13H11ClN5O2/c1-20-12-4-2-8(6-10(12)14)11-5-3-9(21-11)7-15-13-16-18-19-17-13/h2-6H,7H2,1H3,(H-,15,16,17,18,19)/q-1. The highest BCUT2D eigenvalue weighted by Crippen LogP contribution is 2.31. The zero-order valence-electron chi connectivity index (χ0n) is 11.1. The van der Waals surface area contributed by atoms with Crippen molar-refractivity contribution in [1.82, 2.24) is 20.6 Å². The van der Waals surface area contributed by atoms with Crippen molar-refractivity contribution in [3.05, 3.63) is 46.4 Å². The Hall–Kier alpha value is -2.54. The maximum Gasteiger partial charge on any atom is 0.137 e. The third kappa shape index (κ3) is 2.97. The van der Waals surface area contributed by atoms with Crippen LogP contribution in [0.3, 0.4) is 0 Å². The number of nitrogens with zero attached hydrogens (tertiary/aromatic N) is 4. The first-order chi connectivity index (χ1) is 10.3. The lowest BCUT2D eigenvalue weighted by Gasteiger charge is -2.05. The molecule has 0 aliphatic heterocycles. The minimum absolute atomic E-state index is 0.292. The van der Waals surface area contributed by atoms with Crippen LogP contribution in [-0.2, 0) is 6.54 Å². The fourth-order valence-corrected chi connectivity index (χ4v) is 2.07. The van der Waals surface area contributed by atoms with E-state index in [0.717, 1.165) is 5.56 Å². The Morgan fingerprint density at radius 2 is 2.24 bits per heavy atom. The van der Waals surface area contributed by atoms with Crippen LogP contribution in [0, 0.1) is 0 Å². The van der Waals surface area contributed by atoms with Gasteiger partial charge < -0.3 is 14.5 Å². The molecular weight excluding hydrogens is 294 g/mol. The van der Waals surface area contributed by atoms with Crippen molar-refractivity contribution >= 4 is 17.5 Å². The van der Waals surface area contributed by atoms with Gasteiger partial charge in [-0.1, -0.05) is 11.6 Å². The van der Waals surface area contributed by atoms with Crippen molar-refractivity contribution < 1.29 is 9.15 Å². The zero-order valence-corrected chi connectivity index (χ0v) is 11.8. The number of H-pyrrole nitrogens is 1. The van der Waals surface area contributed by atoms with Crippen LogP contribution in [0.2, 0.25) is 5.02 Å². The summed E-state index contributed by atoms with van der Waals surface area (Å²) in [5.74, 6) is 2.32. The molecule has 0 radical (unpaired) electrons. The predicted molar refractivity (Wildman–Crippen MR) is 76.6 cm³/mol. The van der Waals surface area contributed by atoms with Gasteiger partial charge in [-0.05, 0) is 30.3 Å². The molecule has 2 aromatic heterocycles. The van der Waals surface area contributed by atoms with E-state index in [1.807, 2.05) is 18.2 Å². The number of aromatic nitrogens is 4. The number of methoxy groups -OCH3 is 1. The summed E-state index contributed by atoms with van der Waals surface area (Å²) in [6, 6.07) is 9.17. The molecule has 0 amide bonds. The molecule has 108 valence electrons. The highest BCUT2D eigenvalue weighted by atomic mass is 35.5. The molecule has 3 aromatic rings. The number of halogens is 1.